The molecule has 1 aromatic rings. The van der Waals surface area contributed by atoms with Crippen LogP contribution in [-0.2, 0) is 51.1 Å². The van der Waals surface area contributed by atoms with Gasteiger partial charge < -0.3 is 23.7 Å². The Morgan fingerprint density at radius 1 is 1.02 bits per heavy atom. The predicted molar refractivity (Wildman–Crippen MR) is 150 cm³/mol. The summed E-state index contributed by atoms with van der Waals surface area (Å²) >= 11 is 0. The number of ether oxygens (including phenoxy) is 5. The van der Waals surface area contributed by atoms with Gasteiger partial charge in [-0.15, -0.1) is 0 Å². The second kappa shape index (κ2) is 17.3. The largest absolute Gasteiger partial charge is 0.469 e. The molecule has 1 heterocycles. The normalized spacial score (nSPS) is 24.7. The number of ketones is 1. The first-order chi connectivity index (χ1) is 19.4. The molecule has 5 atom stereocenters. The monoisotopic (exact) mass is 558 g/mol. The third kappa shape index (κ3) is 10.8. The van der Waals surface area contributed by atoms with Crippen LogP contribution in [0.4, 0.5) is 0 Å². The van der Waals surface area contributed by atoms with Gasteiger partial charge in [0.2, 0.25) is 0 Å². The molecule has 0 radical (unpaired) electrons. The van der Waals surface area contributed by atoms with Crippen molar-refractivity contribution in [2.24, 2.45) is 11.8 Å². The van der Waals surface area contributed by atoms with Crippen LogP contribution in [0.25, 0.3) is 0 Å². The molecule has 0 amide bonds. The number of carbonyl (C=O) groups is 3. The quantitative estimate of drug-likeness (QED) is 0.149. The van der Waals surface area contributed by atoms with Gasteiger partial charge in [-0.1, -0.05) is 49.6 Å². The Morgan fingerprint density at radius 3 is 2.55 bits per heavy atom. The van der Waals surface area contributed by atoms with Gasteiger partial charge in [0.05, 0.1) is 19.8 Å². The van der Waals surface area contributed by atoms with E-state index >= 15 is 0 Å². The molecular formula is C32H46O8. The van der Waals surface area contributed by atoms with Crippen LogP contribution in [0, 0.1) is 11.8 Å². The van der Waals surface area contributed by atoms with E-state index in [1.54, 1.807) is 13.2 Å². The average Bonchev–Trinajstić information content (AvgIpc) is 3.24. The SMILES string of the molecule is COCc1cccc(CC(=O)/C=C/[C@@H]2[C@@H](CCCCCCC(=O)OC)[C@@H](OC(C)=O)C[C@H]2OC2CCCCO2)c1. The zero-order valence-electron chi connectivity index (χ0n) is 24.3. The highest BCUT2D eigenvalue weighted by Gasteiger charge is 2.45. The van der Waals surface area contributed by atoms with E-state index in [-0.39, 0.29) is 48.1 Å². The summed E-state index contributed by atoms with van der Waals surface area (Å²) in [5, 5.41) is 0. The first-order valence-electron chi connectivity index (χ1n) is 14.7. The van der Waals surface area contributed by atoms with E-state index < -0.39 is 0 Å². The smallest absolute Gasteiger partial charge is 0.305 e. The number of hydrogen-bond donors (Lipinski definition) is 0. The summed E-state index contributed by atoms with van der Waals surface area (Å²) in [5.74, 6) is -0.519. The molecule has 2 aliphatic rings. The van der Waals surface area contributed by atoms with Crippen molar-refractivity contribution in [3.8, 4) is 0 Å². The van der Waals surface area contributed by atoms with Gasteiger partial charge in [-0.2, -0.15) is 0 Å². The van der Waals surface area contributed by atoms with Crippen molar-refractivity contribution in [1.82, 2.24) is 0 Å². The van der Waals surface area contributed by atoms with Gasteiger partial charge in [0, 0.05) is 51.7 Å². The molecule has 1 aliphatic heterocycles. The summed E-state index contributed by atoms with van der Waals surface area (Å²) in [6, 6.07) is 7.87. The number of allylic oxidation sites excluding steroid dienone is 1. The molecule has 1 aliphatic carbocycles. The second-order valence-electron chi connectivity index (χ2n) is 10.9. The van der Waals surface area contributed by atoms with Crippen molar-refractivity contribution in [3.05, 3.63) is 47.5 Å². The van der Waals surface area contributed by atoms with Crippen LogP contribution in [0.3, 0.4) is 0 Å². The maximum atomic E-state index is 13.0. The molecule has 0 N–H and O–H groups in total. The van der Waals surface area contributed by atoms with Crippen molar-refractivity contribution in [3.63, 3.8) is 0 Å². The van der Waals surface area contributed by atoms with Gasteiger partial charge in [0.15, 0.2) is 12.1 Å². The summed E-state index contributed by atoms with van der Waals surface area (Å²) < 4.78 is 28.0. The maximum absolute atomic E-state index is 13.0. The van der Waals surface area contributed by atoms with Crippen LogP contribution in [0.1, 0.15) is 82.3 Å². The number of methoxy groups -OCH3 is 2. The topological polar surface area (TPSA) is 97.4 Å². The van der Waals surface area contributed by atoms with Crippen molar-refractivity contribution < 1.29 is 38.1 Å². The van der Waals surface area contributed by atoms with Gasteiger partial charge >= 0.3 is 11.9 Å². The van der Waals surface area contributed by atoms with E-state index in [1.807, 2.05) is 30.3 Å². The van der Waals surface area contributed by atoms with Gasteiger partial charge in [-0.05, 0) is 49.3 Å². The lowest BCUT2D eigenvalue weighted by atomic mass is 9.87. The number of carbonyl (C=O) groups excluding carboxylic acids is 3. The molecule has 1 saturated heterocycles. The molecule has 40 heavy (non-hydrogen) atoms. The molecular weight excluding hydrogens is 512 g/mol. The van der Waals surface area contributed by atoms with Crippen molar-refractivity contribution in [2.45, 2.75) is 103 Å². The highest BCUT2D eigenvalue weighted by atomic mass is 16.7. The third-order valence-corrected chi connectivity index (χ3v) is 7.73. The number of rotatable bonds is 16. The molecule has 1 aromatic carbocycles. The van der Waals surface area contributed by atoms with E-state index in [1.165, 1.54) is 14.0 Å². The lowest BCUT2D eigenvalue weighted by molar-refractivity contribution is -0.193. The van der Waals surface area contributed by atoms with Gasteiger partial charge in [-0.25, -0.2) is 0 Å². The van der Waals surface area contributed by atoms with E-state index in [0.717, 1.165) is 62.5 Å². The molecule has 0 aromatic heterocycles. The van der Waals surface area contributed by atoms with Crippen LogP contribution in [0.15, 0.2) is 36.4 Å². The van der Waals surface area contributed by atoms with Crippen molar-refractivity contribution >= 4 is 17.7 Å². The minimum Gasteiger partial charge on any atom is -0.469 e. The van der Waals surface area contributed by atoms with Gasteiger partial charge in [0.25, 0.3) is 0 Å². The lowest BCUT2D eigenvalue weighted by Crippen LogP contribution is -2.30. The Balaban J connectivity index is 1.69. The fraction of sp³-hybridized carbons (Fsp3) is 0.656. The first kappa shape index (κ1) is 32.0. The molecule has 1 saturated carbocycles. The summed E-state index contributed by atoms with van der Waals surface area (Å²) in [6.07, 6.45) is 11.6. The minimum atomic E-state index is -0.308. The van der Waals surface area contributed by atoms with Crippen LogP contribution in [-0.4, -0.2) is 57.0 Å². The number of unbranched alkanes of at least 4 members (excludes halogenated alkanes) is 3. The Kier molecular flexibility index (Phi) is 13.8. The zero-order chi connectivity index (χ0) is 28.7. The maximum Gasteiger partial charge on any atom is 0.305 e. The summed E-state index contributed by atoms with van der Waals surface area (Å²) in [5.41, 5.74) is 1.98. The third-order valence-electron chi connectivity index (χ3n) is 7.73. The van der Waals surface area contributed by atoms with Gasteiger partial charge in [-0.3, -0.25) is 14.4 Å². The Hall–Kier alpha value is -2.55. The van der Waals surface area contributed by atoms with Crippen molar-refractivity contribution in [1.29, 1.82) is 0 Å². The number of hydrogen-bond acceptors (Lipinski definition) is 8. The number of esters is 2. The Labute approximate surface area is 238 Å². The second-order valence-corrected chi connectivity index (χ2v) is 10.9. The molecule has 1 unspecified atom stereocenters. The van der Waals surface area contributed by atoms with E-state index in [9.17, 15) is 14.4 Å². The lowest BCUT2D eigenvalue weighted by Gasteiger charge is -2.29. The average molecular weight is 559 g/mol. The van der Waals surface area contributed by atoms with Crippen molar-refractivity contribution in [2.75, 3.05) is 20.8 Å². The fourth-order valence-electron chi connectivity index (χ4n) is 5.82. The summed E-state index contributed by atoms with van der Waals surface area (Å²) in [6.45, 7) is 2.62. The molecule has 0 bridgehead atoms. The first-order valence-corrected chi connectivity index (χ1v) is 14.7. The highest BCUT2D eigenvalue weighted by molar-refractivity contribution is 5.91. The van der Waals surface area contributed by atoms with Gasteiger partial charge in [0.1, 0.15) is 6.10 Å². The van der Waals surface area contributed by atoms with Crippen LogP contribution >= 0.6 is 0 Å². The number of benzene rings is 1. The summed E-state index contributed by atoms with van der Waals surface area (Å²) in [4.78, 5) is 36.4. The summed E-state index contributed by atoms with van der Waals surface area (Å²) in [7, 11) is 3.06. The zero-order valence-corrected chi connectivity index (χ0v) is 24.3. The minimum absolute atomic E-state index is 0.0136. The molecule has 3 rings (SSSR count). The van der Waals surface area contributed by atoms with E-state index in [0.29, 0.717) is 32.5 Å². The molecule has 8 heteroatoms. The highest BCUT2D eigenvalue weighted by Crippen LogP contribution is 2.41. The standard InChI is InChI=1S/C32H46O8/c1-23(33)39-29-21-30(40-32-15-8-9-18-38-32)28(27(29)13-6-4-5-7-14-31(35)37-3)17-16-26(34)20-24-11-10-12-25(19-24)22-36-2/h10-12,16-17,19,27-30,32H,4-9,13-15,18,20-22H2,1-3H3/b17-16+/t27-,28-,29+,30-,32?/m1/s1. The van der Waals surface area contributed by atoms with E-state index in [4.69, 9.17) is 23.7 Å². The van der Waals surface area contributed by atoms with Crippen LogP contribution < -0.4 is 0 Å². The predicted octanol–water partition coefficient (Wildman–Crippen LogP) is 5.49. The Bertz CT molecular complexity index is 967. The molecule has 222 valence electrons. The Morgan fingerprint density at radius 2 is 1.82 bits per heavy atom. The van der Waals surface area contributed by atoms with Crippen LogP contribution in [0.5, 0.6) is 0 Å². The van der Waals surface area contributed by atoms with Crippen LogP contribution in [0.2, 0.25) is 0 Å². The fourth-order valence-corrected chi connectivity index (χ4v) is 5.82. The molecule has 0 spiro atoms. The van der Waals surface area contributed by atoms with E-state index in [2.05, 4.69) is 0 Å². The molecule has 2 fully saturated rings. The molecule has 8 nitrogen and oxygen atoms in total.